The van der Waals surface area contributed by atoms with E-state index in [9.17, 15) is 31.9 Å². The first-order chi connectivity index (χ1) is 11.8. The largest absolute Gasteiger partial charge is 0.507 e. The molecule has 0 aromatic heterocycles. The molecule has 2 aromatic carbocycles. The summed E-state index contributed by atoms with van der Waals surface area (Å²) in [7, 11) is 0. The number of hydrogen-bond donors (Lipinski definition) is 2. The van der Waals surface area contributed by atoms with E-state index in [2.05, 4.69) is 9.99 Å². The summed E-state index contributed by atoms with van der Waals surface area (Å²) >= 11 is 0. The molecule has 0 heterocycles. The number of phenols is 1. The number of carbonyl (C=O) groups excluding carboxylic acids is 1. The van der Waals surface area contributed by atoms with Crippen LogP contribution in [0.15, 0.2) is 29.4 Å². The van der Waals surface area contributed by atoms with Crippen molar-refractivity contribution in [2.75, 3.05) is 11.9 Å². The lowest BCUT2D eigenvalue weighted by Gasteiger charge is -2.09. The third kappa shape index (κ3) is 4.03. The highest BCUT2D eigenvalue weighted by Crippen LogP contribution is 2.27. The molecule has 0 fully saturated rings. The quantitative estimate of drug-likeness (QED) is 0.283. The molecule has 0 bridgehead atoms. The zero-order valence-electron chi connectivity index (χ0n) is 12.2. The van der Waals surface area contributed by atoms with Crippen molar-refractivity contribution in [2.45, 2.75) is 0 Å². The van der Waals surface area contributed by atoms with E-state index in [0.717, 1.165) is 6.21 Å². The summed E-state index contributed by atoms with van der Waals surface area (Å²) < 4.78 is 65.6. The van der Waals surface area contributed by atoms with Gasteiger partial charge in [0, 0.05) is 5.56 Å². The zero-order valence-corrected chi connectivity index (χ0v) is 12.2. The van der Waals surface area contributed by atoms with E-state index >= 15 is 0 Å². The second-order valence-electron chi connectivity index (χ2n) is 4.56. The number of halogens is 5. The lowest BCUT2D eigenvalue weighted by Crippen LogP contribution is -2.20. The highest BCUT2D eigenvalue weighted by atomic mass is 19.2. The lowest BCUT2D eigenvalue weighted by atomic mass is 10.2. The van der Waals surface area contributed by atoms with Gasteiger partial charge in [-0.25, -0.2) is 22.0 Å². The molecule has 0 aliphatic heterocycles. The number of carbonyl (C=O) groups is 1. The summed E-state index contributed by atoms with van der Waals surface area (Å²) in [5.74, 6) is -12.4. The molecule has 0 atom stereocenters. The number of rotatable bonds is 5. The van der Waals surface area contributed by atoms with E-state index in [-0.39, 0.29) is 11.3 Å². The van der Waals surface area contributed by atoms with Gasteiger partial charge in [-0.05, 0) is 12.1 Å². The van der Waals surface area contributed by atoms with Crippen molar-refractivity contribution in [3.63, 3.8) is 0 Å². The number of anilines is 1. The van der Waals surface area contributed by atoms with E-state index in [1.807, 2.05) is 0 Å². The zero-order chi connectivity index (χ0) is 18.6. The van der Waals surface area contributed by atoms with Crippen LogP contribution in [-0.4, -0.2) is 23.8 Å². The number of oxime groups is 1. The molecule has 1 amide bonds. The van der Waals surface area contributed by atoms with Crippen molar-refractivity contribution in [3.05, 3.63) is 58.9 Å². The van der Waals surface area contributed by atoms with Crippen molar-refractivity contribution in [3.8, 4) is 5.75 Å². The monoisotopic (exact) mass is 360 g/mol. The second kappa shape index (κ2) is 7.60. The average molecular weight is 360 g/mol. The van der Waals surface area contributed by atoms with Gasteiger partial charge in [-0.15, -0.1) is 0 Å². The number of para-hydroxylation sites is 1. The molecule has 10 heteroatoms. The standard InChI is InChI=1S/C15H9F5N2O3/c16-10-11(17)13(19)15(14(20)12(10)18)22-9(24)6-25-21-5-7-3-1-2-4-8(7)23/h1-5,23H,6H2,(H,22,24)/b21-5-. The van der Waals surface area contributed by atoms with Crippen LogP contribution in [0.5, 0.6) is 5.75 Å². The van der Waals surface area contributed by atoms with Gasteiger partial charge < -0.3 is 15.3 Å². The molecule has 0 saturated heterocycles. The van der Waals surface area contributed by atoms with Gasteiger partial charge in [0.05, 0.1) is 6.21 Å². The Kier molecular flexibility index (Phi) is 5.52. The van der Waals surface area contributed by atoms with Crippen molar-refractivity contribution in [1.82, 2.24) is 0 Å². The first kappa shape index (κ1) is 18.2. The van der Waals surface area contributed by atoms with Crippen LogP contribution in [0.4, 0.5) is 27.6 Å². The van der Waals surface area contributed by atoms with Crippen molar-refractivity contribution in [1.29, 1.82) is 0 Å². The Hall–Kier alpha value is -3.17. The smallest absolute Gasteiger partial charge is 0.265 e. The highest BCUT2D eigenvalue weighted by Gasteiger charge is 2.26. The lowest BCUT2D eigenvalue weighted by molar-refractivity contribution is -0.120. The maximum Gasteiger partial charge on any atom is 0.265 e. The Morgan fingerprint density at radius 1 is 1.04 bits per heavy atom. The predicted octanol–water partition coefficient (Wildman–Crippen LogP) is 3.08. The van der Waals surface area contributed by atoms with Crippen molar-refractivity contribution < 1.29 is 36.7 Å². The Labute approximate surface area is 137 Å². The maximum atomic E-state index is 13.4. The number of aromatic hydroxyl groups is 1. The molecule has 0 spiro atoms. The van der Waals surface area contributed by atoms with E-state index in [4.69, 9.17) is 0 Å². The van der Waals surface area contributed by atoms with Gasteiger partial charge in [0.2, 0.25) is 5.82 Å². The second-order valence-corrected chi connectivity index (χ2v) is 4.56. The topological polar surface area (TPSA) is 70.9 Å². The summed E-state index contributed by atoms with van der Waals surface area (Å²) in [5, 5.41) is 14.3. The first-order valence-electron chi connectivity index (χ1n) is 6.57. The van der Waals surface area contributed by atoms with Crippen LogP contribution in [0.2, 0.25) is 0 Å². The summed E-state index contributed by atoms with van der Waals surface area (Å²) in [6, 6.07) is 6.01. The summed E-state index contributed by atoms with van der Waals surface area (Å²) in [6.45, 7) is -0.871. The molecule has 0 radical (unpaired) electrons. The molecule has 0 aliphatic rings. The van der Waals surface area contributed by atoms with Gasteiger partial charge >= 0.3 is 0 Å². The van der Waals surface area contributed by atoms with Gasteiger partial charge in [-0.1, -0.05) is 17.3 Å². The SMILES string of the molecule is O=C(CO/N=C\c1ccccc1O)Nc1c(F)c(F)c(F)c(F)c1F. The van der Waals surface area contributed by atoms with Crippen LogP contribution >= 0.6 is 0 Å². The molecule has 0 saturated carbocycles. The molecule has 25 heavy (non-hydrogen) atoms. The van der Waals surface area contributed by atoms with Crippen LogP contribution in [-0.2, 0) is 9.63 Å². The average Bonchev–Trinajstić information content (AvgIpc) is 2.60. The minimum atomic E-state index is -2.34. The Bertz CT molecular complexity index is 813. The molecule has 5 nitrogen and oxygen atoms in total. The minimum Gasteiger partial charge on any atom is -0.507 e. The normalized spacial score (nSPS) is 10.9. The van der Waals surface area contributed by atoms with Crippen molar-refractivity contribution >= 4 is 17.8 Å². The van der Waals surface area contributed by atoms with Crippen LogP contribution in [0.3, 0.4) is 0 Å². The van der Waals surface area contributed by atoms with Gasteiger partial charge in [0.1, 0.15) is 11.4 Å². The highest BCUT2D eigenvalue weighted by molar-refractivity contribution is 5.92. The fourth-order valence-electron chi connectivity index (χ4n) is 1.68. The molecular formula is C15H9F5N2O3. The summed E-state index contributed by atoms with van der Waals surface area (Å²) in [5.41, 5.74) is -1.22. The summed E-state index contributed by atoms with van der Waals surface area (Å²) in [4.78, 5) is 16.0. The Morgan fingerprint density at radius 3 is 2.20 bits per heavy atom. The third-order valence-corrected chi connectivity index (χ3v) is 2.87. The van der Waals surface area contributed by atoms with Crippen LogP contribution < -0.4 is 5.32 Å². The number of phenolic OH excluding ortho intramolecular Hbond substituents is 1. The molecule has 132 valence electrons. The molecule has 0 unspecified atom stereocenters. The third-order valence-electron chi connectivity index (χ3n) is 2.87. The maximum absolute atomic E-state index is 13.4. The Morgan fingerprint density at radius 2 is 1.60 bits per heavy atom. The molecular weight excluding hydrogens is 351 g/mol. The van der Waals surface area contributed by atoms with Gasteiger partial charge in [-0.3, -0.25) is 4.79 Å². The molecule has 2 N–H and O–H groups in total. The predicted molar refractivity (Wildman–Crippen MR) is 76.5 cm³/mol. The van der Waals surface area contributed by atoms with Crippen molar-refractivity contribution in [2.24, 2.45) is 5.16 Å². The molecule has 2 aromatic rings. The number of nitrogens with one attached hydrogen (secondary N) is 1. The van der Waals surface area contributed by atoms with Crippen LogP contribution in [0.25, 0.3) is 0 Å². The van der Waals surface area contributed by atoms with Gasteiger partial charge in [0.15, 0.2) is 29.9 Å². The van der Waals surface area contributed by atoms with Crippen LogP contribution in [0, 0.1) is 29.1 Å². The Balaban J connectivity index is 2.01. The van der Waals surface area contributed by atoms with Gasteiger partial charge in [-0.2, -0.15) is 0 Å². The van der Waals surface area contributed by atoms with E-state index in [1.165, 1.54) is 17.4 Å². The van der Waals surface area contributed by atoms with E-state index in [0.29, 0.717) is 0 Å². The fraction of sp³-hybridized carbons (Fsp3) is 0.0667. The number of benzene rings is 2. The number of amides is 1. The number of hydrogen-bond acceptors (Lipinski definition) is 4. The summed E-state index contributed by atoms with van der Waals surface area (Å²) in [6.07, 6.45) is 1.06. The molecule has 2 rings (SSSR count). The minimum absolute atomic E-state index is 0.110. The van der Waals surface area contributed by atoms with E-state index in [1.54, 1.807) is 12.1 Å². The van der Waals surface area contributed by atoms with E-state index < -0.39 is 47.3 Å². The van der Waals surface area contributed by atoms with Crippen LogP contribution in [0.1, 0.15) is 5.56 Å². The molecule has 0 aliphatic carbocycles. The van der Waals surface area contributed by atoms with Gasteiger partial charge in [0.25, 0.3) is 5.91 Å². The fourth-order valence-corrected chi connectivity index (χ4v) is 1.68. The first-order valence-corrected chi connectivity index (χ1v) is 6.57. The number of nitrogens with zero attached hydrogens (tertiary/aromatic N) is 1.